The molecule has 1 aliphatic heterocycles. The largest absolute Gasteiger partial charge is 0.491 e. The Labute approximate surface area is 124 Å². The molecule has 116 valence electrons. The Morgan fingerprint density at radius 3 is 3.00 bits per heavy atom. The number of hydrogen-bond donors (Lipinski definition) is 2. The van der Waals surface area contributed by atoms with E-state index in [1.807, 2.05) is 6.92 Å². The Kier molecular flexibility index (Phi) is 5.27. The number of nitrogens with two attached hydrogens (primary N) is 1. The van der Waals surface area contributed by atoms with E-state index in [-0.39, 0.29) is 6.10 Å². The first kappa shape index (κ1) is 15.4. The molecular formula is C15H22N2O4. The van der Waals surface area contributed by atoms with Gasteiger partial charge in [0.15, 0.2) is 0 Å². The number of ether oxygens (including phenoxy) is 3. The summed E-state index contributed by atoms with van der Waals surface area (Å²) in [6, 6.07) is 3.26. The third-order valence-corrected chi connectivity index (χ3v) is 3.36. The molecule has 6 nitrogen and oxygen atoms in total. The zero-order valence-electron chi connectivity index (χ0n) is 12.5. The maximum atomic E-state index is 11.7. The van der Waals surface area contributed by atoms with Gasteiger partial charge in [-0.25, -0.2) is 4.79 Å². The van der Waals surface area contributed by atoms with Gasteiger partial charge >= 0.3 is 5.97 Å². The van der Waals surface area contributed by atoms with E-state index >= 15 is 0 Å². The Bertz CT molecular complexity index is 505. The molecular weight excluding hydrogens is 272 g/mol. The Morgan fingerprint density at radius 2 is 2.24 bits per heavy atom. The quantitative estimate of drug-likeness (QED) is 0.609. The van der Waals surface area contributed by atoms with E-state index in [0.717, 1.165) is 25.1 Å². The molecule has 3 N–H and O–H groups in total. The number of rotatable bonds is 1. The minimum Gasteiger partial charge on any atom is -0.491 e. The molecule has 0 fully saturated rings. The van der Waals surface area contributed by atoms with Gasteiger partial charge in [-0.05, 0) is 25.5 Å². The third kappa shape index (κ3) is 4.01. The van der Waals surface area contributed by atoms with Crippen LogP contribution in [0.5, 0.6) is 5.75 Å². The molecule has 0 radical (unpaired) electrons. The summed E-state index contributed by atoms with van der Waals surface area (Å²) < 4.78 is 16.2. The van der Waals surface area contributed by atoms with Crippen LogP contribution >= 0.6 is 0 Å². The number of carbonyl (C=O) groups excluding carboxylic acids is 1. The molecule has 0 aliphatic carbocycles. The first-order chi connectivity index (χ1) is 10.1. The van der Waals surface area contributed by atoms with Crippen LogP contribution in [-0.4, -0.2) is 38.9 Å². The summed E-state index contributed by atoms with van der Waals surface area (Å²) in [6.07, 6.45) is 1.80. The van der Waals surface area contributed by atoms with Crippen LogP contribution in [-0.2, 0) is 9.47 Å². The molecule has 0 saturated heterocycles. The van der Waals surface area contributed by atoms with Crippen LogP contribution in [0.1, 0.15) is 30.1 Å². The van der Waals surface area contributed by atoms with Gasteiger partial charge in [0.1, 0.15) is 11.4 Å². The van der Waals surface area contributed by atoms with Crippen LogP contribution in [0.2, 0.25) is 0 Å². The Balaban J connectivity index is 2.28. The van der Waals surface area contributed by atoms with Crippen molar-refractivity contribution >= 4 is 17.3 Å². The summed E-state index contributed by atoms with van der Waals surface area (Å²) in [5.41, 5.74) is 7.61. The molecule has 1 atom stereocenters. The van der Waals surface area contributed by atoms with Crippen LogP contribution in [0.4, 0.5) is 11.4 Å². The van der Waals surface area contributed by atoms with Crippen LogP contribution in [0.15, 0.2) is 12.1 Å². The number of nitrogen functional groups attached to an aromatic ring is 1. The molecule has 6 heteroatoms. The molecule has 0 bridgehead atoms. The molecule has 1 aromatic carbocycles. The van der Waals surface area contributed by atoms with Crippen molar-refractivity contribution in [1.82, 2.24) is 0 Å². The first-order valence-corrected chi connectivity index (χ1v) is 7.12. The van der Waals surface area contributed by atoms with Crippen LogP contribution in [0.25, 0.3) is 0 Å². The van der Waals surface area contributed by atoms with Gasteiger partial charge in [-0.2, -0.15) is 0 Å². The fourth-order valence-electron chi connectivity index (χ4n) is 2.16. The third-order valence-electron chi connectivity index (χ3n) is 3.36. The lowest BCUT2D eigenvalue weighted by Crippen LogP contribution is -2.13. The lowest BCUT2D eigenvalue weighted by atomic mass is 10.1. The van der Waals surface area contributed by atoms with Crippen molar-refractivity contribution in [2.24, 2.45) is 0 Å². The van der Waals surface area contributed by atoms with Gasteiger partial charge in [0.2, 0.25) is 0 Å². The van der Waals surface area contributed by atoms with E-state index in [1.54, 1.807) is 12.1 Å². The molecule has 0 spiro atoms. The average molecular weight is 294 g/mol. The van der Waals surface area contributed by atoms with Gasteiger partial charge in [-0.1, -0.05) is 0 Å². The minimum atomic E-state index is -0.431. The predicted octanol–water partition coefficient (Wildman–Crippen LogP) is 2.04. The highest BCUT2D eigenvalue weighted by atomic mass is 16.5. The number of fused-ring (bicyclic) bond motifs is 1. The van der Waals surface area contributed by atoms with Crippen molar-refractivity contribution in [3.05, 3.63) is 17.7 Å². The lowest BCUT2D eigenvalue weighted by Gasteiger charge is -2.16. The number of benzene rings is 1. The van der Waals surface area contributed by atoms with E-state index in [0.29, 0.717) is 30.2 Å². The predicted molar refractivity (Wildman–Crippen MR) is 80.8 cm³/mol. The van der Waals surface area contributed by atoms with Gasteiger partial charge in [0.25, 0.3) is 0 Å². The second-order valence-corrected chi connectivity index (χ2v) is 5.03. The zero-order valence-corrected chi connectivity index (χ0v) is 12.5. The zero-order chi connectivity index (χ0) is 15.2. The fourth-order valence-corrected chi connectivity index (χ4v) is 2.16. The summed E-state index contributed by atoms with van der Waals surface area (Å²) >= 11 is 0. The Morgan fingerprint density at radius 1 is 1.43 bits per heavy atom. The van der Waals surface area contributed by atoms with Crippen molar-refractivity contribution < 1.29 is 19.0 Å². The normalized spacial score (nSPS) is 19.4. The lowest BCUT2D eigenvalue weighted by molar-refractivity contribution is 0.0509. The summed E-state index contributed by atoms with van der Waals surface area (Å²) in [4.78, 5) is 11.7. The number of esters is 1. The average Bonchev–Trinajstić information content (AvgIpc) is 2.51. The first-order valence-electron chi connectivity index (χ1n) is 7.12. The molecule has 1 aromatic rings. The Hall–Kier alpha value is -1.95. The highest BCUT2D eigenvalue weighted by molar-refractivity contribution is 5.93. The topological polar surface area (TPSA) is 82.8 Å². The van der Waals surface area contributed by atoms with Crippen LogP contribution in [0.3, 0.4) is 0 Å². The second-order valence-electron chi connectivity index (χ2n) is 5.03. The number of methoxy groups -OCH3 is 1. The number of hydrogen-bond acceptors (Lipinski definition) is 6. The molecule has 0 aromatic heterocycles. The molecule has 1 heterocycles. The fraction of sp³-hybridized carbons (Fsp3) is 0.533. The van der Waals surface area contributed by atoms with E-state index in [4.69, 9.17) is 19.9 Å². The number of nitrogens with one attached hydrogen (secondary N) is 1. The molecule has 0 amide bonds. The second kappa shape index (κ2) is 7.17. The minimum absolute atomic E-state index is 0.146. The summed E-state index contributed by atoms with van der Waals surface area (Å²) in [6.45, 7) is 3.95. The SMILES string of the molecule is COC(=O)c1cc(N)c2c(c1)OCC[C@@H](C)OCCCN2. The van der Waals surface area contributed by atoms with E-state index in [2.05, 4.69) is 5.32 Å². The monoisotopic (exact) mass is 294 g/mol. The van der Waals surface area contributed by atoms with E-state index < -0.39 is 5.97 Å². The van der Waals surface area contributed by atoms with Crippen molar-refractivity contribution in [2.75, 3.05) is 37.9 Å². The molecule has 0 unspecified atom stereocenters. The van der Waals surface area contributed by atoms with Crippen molar-refractivity contribution in [3.63, 3.8) is 0 Å². The summed E-state index contributed by atoms with van der Waals surface area (Å²) in [7, 11) is 1.34. The van der Waals surface area contributed by atoms with Gasteiger partial charge < -0.3 is 25.3 Å². The molecule has 1 aliphatic rings. The molecule has 0 saturated carbocycles. The number of anilines is 2. The van der Waals surface area contributed by atoms with Gasteiger partial charge in [0.05, 0.1) is 31.1 Å². The van der Waals surface area contributed by atoms with Crippen molar-refractivity contribution in [1.29, 1.82) is 0 Å². The summed E-state index contributed by atoms with van der Waals surface area (Å²) in [5.74, 6) is 0.142. The maximum Gasteiger partial charge on any atom is 0.338 e. The van der Waals surface area contributed by atoms with Crippen LogP contribution < -0.4 is 15.8 Å². The van der Waals surface area contributed by atoms with Crippen molar-refractivity contribution in [2.45, 2.75) is 25.9 Å². The molecule has 2 rings (SSSR count). The maximum absolute atomic E-state index is 11.7. The molecule has 21 heavy (non-hydrogen) atoms. The van der Waals surface area contributed by atoms with Gasteiger partial charge in [0, 0.05) is 19.6 Å². The highest BCUT2D eigenvalue weighted by Crippen LogP contribution is 2.33. The van der Waals surface area contributed by atoms with Gasteiger partial charge in [-0.15, -0.1) is 0 Å². The highest BCUT2D eigenvalue weighted by Gasteiger charge is 2.16. The van der Waals surface area contributed by atoms with Crippen molar-refractivity contribution in [3.8, 4) is 5.75 Å². The summed E-state index contributed by atoms with van der Waals surface area (Å²) in [5, 5.41) is 3.25. The smallest absolute Gasteiger partial charge is 0.338 e. The van der Waals surface area contributed by atoms with E-state index in [9.17, 15) is 4.79 Å². The van der Waals surface area contributed by atoms with E-state index in [1.165, 1.54) is 7.11 Å². The standard InChI is InChI=1S/C15H22N2O4/c1-10-4-7-21-13-9-11(15(18)19-2)8-12(16)14(13)17-5-3-6-20-10/h8-10,17H,3-7,16H2,1-2H3/t10-/m1/s1. The van der Waals surface area contributed by atoms with Gasteiger partial charge in [-0.3, -0.25) is 0 Å². The number of carbonyl (C=O) groups is 1. The van der Waals surface area contributed by atoms with Crippen LogP contribution in [0, 0.1) is 0 Å².